The fraction of sp³-hybridized carbons (Fsp3) is 0.478. The molecule has 0 unspecified atom stereocenters. The van der Waals surface area contributed by atoms with Crippen molar-refractivity contribution in [3.8, 4) is 11.1 Å². The zero-order chi connectivity index (χ0) is 20.3. The Hall–Kier alpha value is -2.48. The van der Waals surface area contributed by atoms with Crippen LogP contribution in [0.1, 0.15) is 18.9 Å². The van der Waals surface area contributed by atoms with Crippen molar-refractivity contribution in [2.45, 2.75) is 18.9 Å². The second kappa shape index (κ2) is 8.71. The van der Waals surface area contributed by atoms with Gasteiger partial charge in [-0.25, -0.2) is 9.97 Å². The molecule has 0 bridgehead atoms. The number of benzene rings is 1. The van der Waals surface area contributed by atoms with E-state index >= 15 is 0 Å². The average Bonchev–Trinajstić information content (AvgIpc) is 3.20. The molecule has 2 fully saturated rings. The van der Waals surface area contributed by atoms with Gasteiger partial charge in [0.25, 0.3) is 0 Å². The number of aromatic nitrogens is 3. The van der Waals surface area contributed by atoms with E-state index in [2.05, 4.69) is 54.8 Å². The van der Waals surface area contributed by atoms with Gasteiger partial charge in [0.05, 0.1) is 18.6 Å². The molecule has 0 spiro atoms. The number of rotatable bonds is 5. The zero-order valence-corrected chi connectivity index (χ0v) is 17.4. The quantitative estimate of drug-likeness (QED) is 0.702. The Morgan fingerprint density at radius 1 is 0.933 bits per heavy atom. The normalized spacial score (nSPS) is 19.5. The van der Waals surface area contributed by atoms with Crippen molar-refractivity contribution in [3.05, 3.63) is 42.9 Å². The number of nitrogens with two attached hydrogens (primary N) is 1. The predicted molar refractivity (Wildman–Crippen MR) is 119 cm³/mol. The standard InChI is InChI=1S/C23H30N6O/c24-22-21-20(18-4-2-1-3-5-18)16-29(23(21)26-17-25-22)19-6-8-27(9-7-19)10-11-28-12-14-30-15-13-28/h1-5,16-17,19H,6-15H2,(H2,24,25,26). The summed E-state index contributed by atoms with van der Waals surface area (Å²) in [7, 11) is 0. The lowest BCUT2D eigenvalue weighted by Gasteiger charge is -2.35. The first kappa shape index (κ1) is 19.5. The summed E-state index contributed by atoms with van der Waals surface area (Å²) >= 11 is 0. The third kappa shape index (κ3) is 3.93. The Labute approximate surface area is 177 Å². The van der Waals surface area contributed by atoms with Crippen LogP contribution >= 0.6 is 0 Å². The summed E-state index contributed by atoms with van der Waals surface area (Å²) in [6.45, 7) is 8.40. The van der Waals surface area contributed by atoms with E-state index in [1.54, 1.807) is 6.33 Å². The van der Waals surface area contributed by atoms with Gasteiger partial charge in [-0.1, -0.05) is 30.3 Å². The molecule has 4 heterocycles. The molecule has 0 amide bonds. The molecule has 0 aliphatic carbocycles. The van der Waals surface area contributed by atoms with E-state index in [-0.39, 0.29) is 0 Å². The van der Waals surface area contributed by atoms with Gasteiger partial charge in [0.1, 0.15) is 17.8 Å². The number of likely N-dealkylation sites (tertiary alicyclic amines) is 1. The Morgan fingerprint density at radius 2 is 1.63 bits per heavy atom. The van der Waals surface area contributed by atoms with Crippen LogP contribution in [0.4, 0.5) is 5.82 Å². The smallest absolute Gasteiger partial charge is 0.146 e. The Kier molecular flexibility index (Phi) is 5.66. The van der Waals surface area contributed by atoms with E-state index in [4.69, 9.17) is 10.5 Å². The highest BCUT2D eigenvalue weighted by Crippen LogP contribution is 2.36. The first-order chi connectivity index (χ1) is 14.8. The molecule has 1 aromatic carbocycles. The molecule has 0 radical (unpaired) electrons. The van der Waals surface area contributed by atoms with Crippen LogP contribution in [0.2, 0.25) is 0 Å². The SMILES string of the molecule is Nc1ncnc2c1c(-c1ccccc1)cn2C1CCN(CCN2CCOCC2)CC1. The zero-order valence-electron chi connectivity index (χ0n) is 17.4. The third-order valence-corrected chi connectivity index (χ3v) is 6.51. The maximum Gasteiger partial charge on any atom is 0.146 e. The predicted octanol–water partition coefficient (Wildman–Crippen LogP) is 2.65. The topological polar surface area (TPSA) is 72.4 Å². The highest BCUT2D eigenvalue weighted by molar-refractivity contribution is 6.00. The summed E-state index contributed by atoms with van der Waals surface area (Å²) in [6.07, 6.45) is 6.08. The Morgan fingerprint density at radius 3 is 2.37 bits per heavy atom. The summed E-state index contributed by atoms with van der Waals surface area (Å²) in [5.41, 5.74) is 9.52. The van der Waals surface area contributed by atoms with E-state index < -0.39 is 0 Å². The van der Waals surface area contributed by atoms with Crippen molar-refractivity contribution < 1.29 is 4.74 Å². The molecule has 7 nitrogen and oxygen atoms in total. The van der Waals surface area contributed by atoms with Gasteiger partial charge in [0.2, 0.25) is 0 Å². The Balaban J connectivity index is 1.32. The lowest BCUT2D eigenvalue weighted by Crippen LogP contribution is -2.43. The van der Waals surface area contributed by atoms with Crippen molar-refractivity contribution in [1.82, 2.24) is 24.3 Å². The van der Waals surface area contributed by atoms with Gasteiger partial charge < -0.3 is 19.9 Å². The molecule has 30 heavy (non-hydrogen) atoms. The second-order valence-corrected chi connectivity index (χ2v) is 8.30. The van der Waals surface area contributed by atoms with E-state index in [0.717, 1.165) is 87.5 Å². The second-order valence-electron chi connectivity index (χ2n) is 8.30. The van der Waals surface area contributed by atoms with Gasteiger partial charge in [-0.2, -0.15) is 0 Å². The molecule has 2 N–H and O–H groups in total. The van der Waals surface area contributed by atoms with Gasteiger partial charge in [-0.05, 0) is 18.4 Å². The summed E-state index contributed by atoms with van der Waals surface area (Å²) in [5, 5.41) is 0.971. The van der Waals surface area contributed by atoms with Gasteiger partial charge >= 0.3 is 0 Å². The maximum absolute atomic E-state index is 6.28. The molecule has 2 aromatic heterocycles. The number of ether oxygens (including phenoxy) is 1. The van der Waals surface area contributed by atoms with E-state index in [9.17, 15) is 0 Å². The average molecular weight is 407 g/mol. The number of nitrogens with zero attached hydrogens (tertiary/aromatic N) is 5. The van der Waals surface area contributed by atoms with Crippen LogP contribution in [-0.4, -0.2) is 76.8 Å². The molecule has 0 saturated carbocycles. The van der Waals surface area contributed by atoms with E-state index in [0.29, 0.717) is 11.9 Å². The number of anilines is 1. The fourth-order valence-electron chi connectivity index (χ4n) is 4.75. The van der Waals surface area contributed by atoms with Crippen LogP contribution in [0.15, 0.2) is 42.9 Å². The molecule has 7 heteroatoms. The van der Waals surface area contributed by atoms with Gasteiger partial charge in [0.15, 0.2) is 0 Å². The van der Waals surface area contributed by atoms with Crippen LogP contribution < -0.4 is 5.73 Å². The highest BCUT2D eigenvalue weighted by Gasteiger charge is 2.25. The summed E-state index contributed by atoms with van der Waals surface area (Å²) in [4.78, 5) is 14.0. The fourth-order valence-corrected chi connectivity index (χ4v) is 4.75. The minimum Gasteiger partial charge on any atom is -0.383 e. The summed E-state index contributed by atoms with van der Waals surface area (Å²) in [5.74, 6) is 0.556. The number of nitrogen functional groups attached to an aromatic ring is 1. The number of hydrogen-bond donors (Lipinski definition) is 1. The summed E-state index contributed by atoms with van der Waals surface area (Å²) in [6, 6.07) is 10.9. The summed E-state index contributed by atoms with van der Waals surface area (Å²) < 4.78 is 7.80. The largest absolute Gasteiger partial charge is 0.383 e. The van der Waals surface area contributed by atoms with Crippen molar-refractivity contribution in [3.63, 3.8) is 0 Å². The van der Waals surface area contributed by atoms with E-state index in [1.807, 2.05) is 6.07 Å². The maximum atomic E-state index is 6.28. The van der Waals surface area contributed by atoms with Crippen LogP contribution in [0.25, 0.3) is 22.2 Å². The lowest BCUT2D eigenvalue weighted by atomic mass is 10.0. The number of hydrogen-bond acceptors (Lipinski definition) is 6. The number of morpholine rings is 1. The van der Waals surface area contributed by atoms with Crippen molar-refractivity contribution in [2.75, 3.05) is 58.2 Å². The first-order valence-corrected chi connectivity index (χ1v) is 11.0. The molecule has 158 valence electrons. The van der Waals surface area contributed by atoms with Crippen LogP contribution in [0.5, 0.6) is 0 Å². The van der Waals surface area contributed by atoms with Crippen molar-refractivity contribution in [2.24, 2.45) is 0 Å². The molecule has 0 atom stereocenters. The monoisotopic (exact) mass is 406 g/mol. The van der Waals surface area contributed by atoms with Crippen molar-refractivity contribution >= 4 is 16.9 Å². The van der Waals surface area contributed by atoms with Crippen LogP contribution in [0, 0.1) is 0 Å². The molecule has 2 saturated heterocycles. The van der Waals surface area contributed by atoms with Gasteiger partial charge in [-0.3, -0.25) is 4.90 Å². The van der Waals surface area contributed by atoms with Gasteiger partial charge in [0, 0.05) is 57.1 Å². The molecule has 2 aliphatic heterocycles. The molecule has 2 aliphatic rings. The molecule has 5 rings (SSSR count). The number of fused-ring (bicyclic) bond motifs is 1. The highest BCUT2D eigenvalue weighted by atomic mass is 16.5. The van der Waals surface area contributed by atoms with Gasteiger partial charge in [-0.15, -0.1) is 0 Å². The lowest BCUT2D eigenvalue weighted by molar-refractivity contribution is 0.0316. The van der Waals surface area contributed by atoms with Crippen LogP contribution in [0.3, 0.4) is 0 Å². The first-order valence-electron chi connectivity index (χ1n) is 11.0. The molecular formula is C23H30N6O. The molecular weight excluding hydrogens is 376 g/mol. The van der Waals surface area contributed by atoms with Crippen LogP contribution in [-0.2, 0) is 4.74 Å². The van der Waals surface area contributed by atoms with E-state index in [1.165, 1.54) is 0 Å². The minimum absolute atomic E-state index is 0.443. The minimum atomic E-state index is 0.443. The Bertz CT molecular complexity index is 974. The number of piperidine rings is 1. The third-order valence-electron chi connectivity index (χ3n) is 6.51. The molecule has 3 aromatic rings. The van der Waals surface area contributed by atoms with Crippen molar-refractivity contribution in [1.29, 1.82) is 0 Å².